The maximum absolute atomic E-state index is 12.8. The van der Waals surface area contributed by atoms with Crippen LogP contribution >= 0.6 is 11.6 Å². The minimum absolute atomic E-state index is 0.0129. The largest absolute Gasteiger partial charge is 0.471 e. The fourth-order valence-electron chi connectivity index (χ4n) is 3.67. The van der Waals surface area contributed by atoms with Crippen LogP contribution in [0.4, 0.5) is 13.2 Å². The summed E-state index contributed by atoms with van der Waals surface area (Å²) < 4.78 is 38.5. The van der Waals surface area contributed by atoms with Gasteiger partial charge in [0.2, 0.25) is 0 Å². The number of fused-ring (bicyclic) bond motifs is 1. The van der Waals surface area contributed by atoms with Crippen LogP contribution in [0.1, 0.15) is 29.2 Å². The summed E-state index contributed by atoms with van der Waals surface area (Å²) in [6.07, 6.45) is -4.28. The van der Waals surface area contributed by atoms with Crippen LogP contribution in [0.5, 0.6) is 0 Å². The molecule has 1 unspecified atom stereocenters. The van der Waals surface area contributed by atoms with Gasteiger partial charge in [0.25, 0.3) is 0 Å². The van der Waals surface area contributed by atoms with Gasteiger partial charge in [-0.3, -0.25) is 4.79 Å². The molecule has 7 heteroatoms. The molecule has 0 saturated heterocycles. The van der Waals surface area contributed by atoms with E-state index in [2.05, 4.69) is 0 Å². The molecule has 1 heterocycles. The minimum atomic E-state index is -4.87. The number of nitrogens with two attached hydrogens (primary N) is 1. The van der Waals surface area contributed by atoms with Crippen LogP contribution in [-0.2, 0) is 23.2 Å². The minimum Gasteiger partial charge on any atom is -0.334 e. The molecule has 1 aliphatic heterocycles. The monoisotopic (exact) mass is 396 g/mol. The molecule has 3 nitrogen and oxygen atoms in total. The van der Waals surface area contributed by atoms with Crippen LogP contribution < -0.4 is 5.73 Å². The van der Waals surface area contributed by atoms with E-state index in [1.165, 1.54) is 0 Å². The summed E-state index contributed by atoms with van der Waals surface area (Å²) >= 11 is 6.48. The molecule has 1 atom stereocenters. The van der Waals surface area contributed by atoms with Crippen molar-refractivity contribution in [2.24, 2.45) is 5.73 Å². The topological polar surface area (TPSA) is 46.3 Å². The van der Waals surface area contributed by atoms with Crippen molar-refractivity contribution < 1.29 is 18.0 Å². The highest BCUT2D eigenvalue weighted by Gasteiger charge is 2.43. The van der Waals surface area contributed by atoms with Crippen LogP contribution in [0.15, 0.2) is 42.5 Å². The SMILES string of the molecule is CC(N)(c1ccccc1)c1c(Cl)ccc2c1CCN(C(=O)C(F)(F)F)CC2. The van der Waals surface area contributed by atoms with Crippen molar-refractivity contribution in [3.8, 4) is 0 Å². The molecule has 0 bridgehead atoms. The summed E-state index contributed by atoms with van der Waals surface area (Å²) in [4.78, 5) is 12.5. The molecule has 1 aliphatic rings. The van der Waals surface area contributed by atoms with Gasteiger partial charge in [-0.1, -0.05) is 48.0 Å². The first-order valence-corrected chi connectivity index (χ1v) is 9.01. The lowest BCUT2D eigenvalue weighted by Gasteiger charge is -2.30. The summed E-state index contributed by atoms with van der Waals surface area (Å²) in [5.41, 5.74) is 9.00. The lowest BCUT2D eigenvalue weighted by Crippen LogP contribution is -2.42. The molecular weight excluding hydrogens is 377 g/mol. The van der Waals surface area contributed by atoms with E-state index in [0.717, 1.165) is 21.6 Å². The van der Waals surface area contributed by atoms with E-state index in [0.29, 0.717) is 17.0 Å². The quantitative estimate of drug-likeness (QED) is 0.832. The normalized spacial score (nSPS) is 17.0. The van der Waals surface area contributed by atoms with Crippen molar-refractivity contribution in [1.82, 2.24) is 4.90 Å². The van der Waals surface area contributed by atoms with Crippen molar-refractivity contribution in [3.63, 3.8) is 0 Å². The maximum atomic E-state index is 12.8. The molecule has 0 saturated carbocycles. The Hall–Kier alpha value is -2.05. The second kappa shape index (κ2) is 7.17. The predicted molar refractivity (Wildman–Crippen MR) is 98.6 cm³/mol. The number of rotatable bonds is 2. The van der Waals surface area contributed by atoms with Crippen molar-refractivity contribution in [3.05, 3.63) is 69.7 Å². The molecule has 2 aromatic rings. The van der Waals surface area contributed by atoms with Crippen molar-refractivity contribution in [2.75, 3.05) is 13.1 Å². The van der Waals surface area contributed by atoms with Crippen molar-refractivity contribution in [2.45, 2.75) is 31.5 Å². The van der Waals surface area contributed by atoms with E-state index in [-0.39, 0.29) is 19.5 Å². The fourth-order valence-corrected chi connectivity index (χ4v) is 4.04. The molecule has 3 rings (SSSR count). The second-order valence-corrected chi connectivity index (χ2v) is 7.33. The van der Waals surface area contributed by atoms with Gasteiger partial charge in [0, 0.05) is 18.1 Å². The molecule has 27 heavy (non-hydrogen) atoms. The van der Waals surface area contributed by atoms with Gasteiger partial charge in [-0.25, -0.2) is 0 Å². The third-order valence-electron chi connectivity index (χ3n) is 5.06. The Kier molecular flexibility index (Phi) is 5.23. The Balaban J connectivity index is 2.01. The molecule has 0 aliphatic carbocycles. The molecule has 1 amide bonds. The molecule has 0 fully saturated rings. The number of nitrogens with zero attached hydrogens (tertiary/aromatic N) is 1. The van der Waals surface area contributed by atoms with E-state index < -0.39 is 17.6 Å². The molecule has 0 aromatic heterocycles. The predicted octanol–water partition coefficient (Wildman–Crippen LogP) is 4.05. The van der Waals surface area contributed by atoms with E-state index in [4.69, 9.17) is 17.3 Å². The summed E-state index contributed by atoms with van der Waals surface area (Å²) in [7, 11) is 0. The summed E-state index contributed by atoms with van der Waals surface area (Å²) in [6, 6.07) is 13.0. The number of carbonyl (C=O) groups excluding carboxylic acids is 1. The van der Waals surface area contributed by atoms with E-state index in [1.54, 1.807) is 6.07 Å². The van der Waals surface area contributed by atoms with E-state index >= 15 is 0 Å². The molecular formula is C20H20ClF3N2O. The first kappa shape index (κ1) is 19.7. The first-order valence-electron chi connectivity index (χ1n) is 8.63. The van der Waals surface area contributed by atoms with Crippen molar-refractivity contribution >= 4 is 17.5 Å². The lowest BCUT2D eigenvalue weighted by atomic mass is 9.80. The Morgan fingerprint density at radius 1 is 1.07 bits per heavy atom. The van der Waals surface area contributed by atoms with Gasteiger partial charge >= 0.3 is 12.1 Å². The summed E-state index contributed by atoms with van der Waals surface area (Å²) in [6.45, 7) is 1.83. The standard InChI is InChI=1S/C20H20ClF3N2O/c1-19(25,14-5-3-2-4-6-14)17-15-10-12-26(18(27)20(22,23)24)11-9-13(15)7-8-16(17)21/h2-8H,9-12,25H2,1H3. The highest BCUT2D eigenvalue weighted by molar-refractivity contribution is 6.31. The zero-order chi connectivity index (χ0) is 19.8. The van der Waals surface area contributed by atoms with Gasteiger partial charge in [-0.15, -0.1) is 0 Å². The number of hydrogen-bond acceptors (Lipinski definition) is 2. The molecule has 2 N–H and O–H groups in total. The third-order valence-corrected chi connectivity index (χ3v) is 5.38. The Bertz CT molecular complexity index is 850. The van der Waals surface area contributed by atoms with Crippen LogP contribution in [0.25, 0.3) is 0 Å². The summed E-state index contributed by atoms with van der Waals surface area (Å²) in [5.74, 6) is -1.80. The van der Waals surface area contributed by atoms with Gasteiger partial charge in [-0.2, -0.15) is 13.2 Å². The Labute approximate surface area is 160 Å². The maximum Gasteiger partial charge on any atom is 0.471 e. The Morgan fingerprint density at radius 2 is 1.70 bits per heavy atom. The zero-order valence-electron chi connectivity index (χ0n) is 14.8. The van der Waals surface area contributed by atoms with Gasteiger partial charge < -0.3 is 10.6 Å². The van der Waals surface area contributed by atoms with E-state index in [1.807, 2.05) is 43.3 Å². The Morgan fingerprint density at radius 3 is 2.33 bits per heavy atom. The molecule has 0 spiro atoms. The van der Waals surface area contributed by atoms with Gasteiger partial charge in [0.05, 0.1) is 5.54 Å². The van der Waals surface area contributed by atoms with E-state index in [9.17, 15) is 18.0 Å². The number of halogens is 4. The van der Waals surface area contributed by atoms with Crippen LogP contribution in [0.2, 0.25) is 5.02 Å². The fraction of sp³-hybridized carbons (Fsp3) is 0.350. The van der Waals surface area contributed by atoms with Crippen LogP contribution in [-0.4, -0.2) is 30.1 Å². The highest BCUT2D eigenvalue weighted by Crippen LogP contribution is 2.37. The van der Waals surface area contributed by atoms with Gasteiger partial charge in [0.1, 0.15) is 0 Å². The van der Waals surface area contributed by atoms with Crippen molar-refractivity contribution in [1.29, 1.82) is 0 Å². The van der Waals surface area contributed by atoms with Crippen LogP contribution in [0, 0.1) is 0 Å². The number of benzene rings is 2. The average Bonchev–Trinajstić information content (AvgIpc) is 2.83. The summed E-state index contributed by atoms with van der Waals surface area (Å²) in [5, 5.41) is 0.471. The third kappa shape index (κ3) is 3.82. The highest BCUT2D eigenvalue weighted by atomic mass is 35.5. The first-order chi connectivity index (χ1) is 12.6. The second-order valence-electron chi connectivity index (χ2n) is 6.92. The smallest absolute Gasteiger partial charge is 0.334 e. The van der Waals surface area contributed by atoms with Gasteiger partial charge in [-0.05, 0) is 48.1 Å². The number of carbonyl (C=O) groups is 1. The number of hydrogen-bond donors (Lipinski definition) is 1. The number of amides is 1. The number of alkyl halides is 3. The lowest BCUT2D eigenvalue weighted by molar-refractivity contribution is -0.185. The van der Waals surface area contributed by atoms with Crippen LogP contribution in [0.3, 0.4) is 0 Å². The zero-order valence-corrected chi connectivity index (χ0v) is 15.6. The molecule has 0 radical (unpaired) electrons. The van der Waals surface area contributed by atoms with Gasteiger partial charge in [0.15, 0.2) is 0 Å². The molecule has 2 aromatic carbocycles. The molecule has 144 valence electrons. The average molecular weight is 397 g/mol.